The molecule has 2 aromatic rings. The van der Waals surface area contributed by atoms with E-state index in [1.807, 2.05) is 6.92 Å². The average Bonchev–Trinajstić information content (AvgIpc) is 2.91. The highest BCUT2D eigenvalue weighted by atomic mass is 19.1. The lowest BCUT2D eigenvalue weighted by Gasteiger charge is -2.18. The minimum atomic E-state index is -0.579. The molecule has 0 bridgehead atoms. The van der Waals surface area contributed by atoms with Crippen molar-refractivity contribution >= 4 is 11.9 Å². The highest BCUT2D eigenvalue weighted by Crippen LogP contribution is 2.19. The summed E-state index contributed by atoms with van der Waals surface area (Å²) in [7, 11) is 1.28. The highest BCUT2D eigenvalue weighted by molar-refractivity contribution is 5.78. The number of halogens is 1. The second-order valence-electron chi connectivity index (χ2n) is 5.75. The molecule has 1 amide bonds. The third-order valence-corrected chi connectivity index (χ3v) is 3.99. The van der Waals surface area contributed by atoms with Gasteiger partial charge >= 0.3 is 5.97 Å². The molecule has 0 aliphatic heterocycles. The smallest absolute Gasteiger partial charge is 0.307 e. The summed E-state index contributed by atoms with van der Waals surface area (Å²) >= 11 is 0. The van der Waals surface area contributed by atoms with Crippen molar-refractivity contribution in [1.82, 2.24) is 10.5 Å². The third kappa shape index (κ3) is 5.14. The lowest BCUT2D eigenvalue weighted by molar-refractivity contribution is -0.141. The summed E-state index contributed by atoms with van der Waals surface area (Å²) in [6, 6.07) is 5.07. The number of nitrogens with zero attached hydrogens (tertiary/aromatic N) is 1. The van der Waals surface area contributed by atoms with Crippen LogP contribution < -0.4 is 5.32 Å². The summed E-state index contributed by atoms with van der Waals surface area (Å²) < 4.78 is 22.9. The van der Waals surface area contributed by atoms with Crippen molar-refractivity contribution in [3.63, 3.8) is 0 Å². The summed E-state index contributed by atoms with van der Waals surface area (Å²) in [6.07, 6.45) is 0.683. The summed E-state index contributed by atoms with van der Waals surface area (Å²) in [5, 5.41) is 6.66. The van der Waals surface area contributed by atoms with Gasteiger partial charge in [0.2, 0.25) is 5.91 Å². The molecule has 6 nitrogen and oxygen atoms in total. The van der Waals surface area contributed by atoms with E-state index in [0.29, 0.717) is 17.7 Å². The largest absolute Gasteiger partial charge is 0.469 e. The Morgan fingerprint density at radius 3 is 2.52 bits per heavy atom. The summed E-state index contributed by atoms with van der Waals surface area (Å²) in [5.41, 5.74) is 2.30. The number of aryl methyl sites for hydroxylation is 2. The first-order chi connectivity index (χ1) is 11.9. The lowest BCUT2D eigenvalue weighted by atomic mass is 10.0. The molecule has 7 heteroatoms. The van der Waals surface area contributed by atoms with E-state index >= 15 is 0 Å². The molecule has 0 radical (unpaired) electrons. The second kappa shape index (κ2) is 8.41. The van der Waals surface area contributed by atoms with Crippen molar-refractivity contribution < 1.29 is 23.2 Å². The van der Waals surface area contributed by atoms with Crippen LogP contribution in [0.1, 0.15) is 41.5 Å². The monoisotopic (exact) mass is 348 g/mol. The van der Waals surface area contributed by atoms with Gasteiger partial charge in [0, 0.05) is 12.0 Å². The molecule has 1 aromatic heterocycles. The van der Waals surface area contributed by atoms with Crippen LogP contribution in [0.5, 0.6) is 0 Å². The summed E-state index contributed by atoms with van der Waals surface area (Å²) in [5.74, 6) is -0.376. The van der Waals surface area contributed by atoms with Crippen molar-refractivity contribution in [2.75, 3.05) is 7.11 Å². The van der Waals surface area contributed by atoms with Crippen molar-refractivity contribution in [3.8, 4) is 0 Å². The fourth-order valence-electron chi connectivity index (χ4n) is 2.56. The molecule has 1 heterocycles. The molecule has 1 N–H and O–H groups in total. The number of esters is 1. The first kappa shape index (κ1) is 18.6. The van der Waals surface area contributed by atoms with E-state index in [-0.39, 0.29) is 24.6 Å². The molecular formula is C18H21FN2O4. The first-order valence-corrected chi connectivity index (χ1v) is 7.94. The van der Waals surface area contributed by atoms with Gasteiger partial charge in [0.05, 0.1) is 25.3 Å². The molecule has 1 atom stereocenters. The SMILES string of the molecule is COC(=O)CC(NC(=O)CCc1c(C)noc1C)c1ccc(F)cc1. The molecule has 0 spiro atoms. The number of carbonyl (C=O) groups is 2. The molecule has 1 aromatic carbocycles. The predicted octanol–water partition coefficient (Wildman–Crippen LogP) is 2.78. The van der Waals surface area contributed by atoms with E-state index in [9.17, 15) is 14.0 Å². The van der Waals surface area contributed by atoms with Gasteiger partial charge in [-0.3, -0.25) is 9.59 Å². The van der Waals surface area contributed by atoms with Crippen molar-refractivity contribution in [3.05, 3.63) is 52.7 Å². The van der Waals surface area contributed by atoms with E-state index in [1.54, 1.807) is 6.92 Å². The number of hydrogen-bond acceptors (Lipinski definition) is 5. The Balaban J connectivity index is 2.03. The van der Waals surface area contributed by atoms with Crippen LogP contribution in [0.3, 0.4) is 0 Å². The average molecular weight is 348 g/mol. The molecular weight excluding hydrogens is 327 g/mol. The Kier molecular flexibility index (Phi) is 6.27. The van der Waals surface area contributed by atoms with Crippen LogP contribution in [0.4, 0.5) is 4.39 Å². The van der Waals surface area contributed by atoms with Crippen LogP contribution in [0.25, 0.3) is 0 Å². The maximum atomic E-state index is 13.1. The molecule has 1 unspecified atom stereocenters. The Morgan fingerprint density at radius 1 is 1.28 bits per heavy atom. The van der Waals surface area contributed by atoms with E-state index in [0.717, 1.165) is 11.3 Å². The number of hydrogen-bond donors (Lipinski definition) is 1. The maximum Gasteiger partial charge on any atom is 0.307 e. The third-order valence-electron chi connectivity index (χ3n) is 3.99. The molecule has 0 saturated heterocycles. The van der Waals surface area contributed by atoms with Gasteiger partial charge in [-0.05, 0) is 38.0 Å². The van der Waals surface area contributed by atoms with Crippen LogP contribution in [0, 0.1) is 19.7 Å². The van der Waals surface area contributed by atoms with Crippen molar-refractivity contribution in [2.45, 2.75) is 39.2 Å². The zero-order chi connectivity index (χ0) is 18.4. The van der Waals surface area contributed by atoms with Crippen LogP contribution in [-0.2, 0) is 20.7 Å². The zero-order valence-corrected chi connectivity index (χ0v) is 14.5. The normalized spacial score (nSPS) is 11.8. The Labute approximate surface area is 145 Å². The second-order valence-corrected chi connectivity index (χ2v) is 5.75. The summed E-state index contributed by atoms with van der Waals surface area (Å²) in [4.78, 5) is 23.9. The summed E-state index contributed by atoms with van der Waals surface area (Å²) in [6.45, 7) is 3.62. The standard InChI is InChI=1S/C18H21FN2O4/c1-11-15(12(2)25-21-11)8-9-17(22)20-16(10-18(23)24-3)13-4-6-14(19)7-5-13/h4-7,16H,8-10H2,1-3H3,(H,20,22). The van der Waals surface area contributed by atoms with E-state index in [1.165, 1.54) is 31.4 Å². The number of amides is 1. The van der Waals surface area contributed by atoms with Gasteiger partial charge in [-0.2, -0.15) is 0 Å². The van der Waals surface area contributed by atoms with Gasteiger partial charge in [0.15, 0.2) is 0 Å². The Bertz CT molecular complexity index is 721. The highest BCUT2D eigenvalue weighted by Gasteiger charge is 2.20. The number of rotatable bonds is 7. The molecule has 0 aliphatic carbocycles. The zero-order valence-electron chi connectivity index (χ0n) is 14.5. The molecule has 0 aliphatic rings. The van der Waals surface area contributed by atoms with E-state index in [2.05, 4.69) is 15.2 Å². The van der Waals surface area contributed by atoms with Gasteiger partial charge in [0.1, 0.15) is 11.6 Å². The van der Waals surface area contributed by atoms with E-state index < -0.39 is 12.0 Å². The fourth-order valence-corrected chi connectivity index (χ4v) is 2.56. The number of carbonyl (C=O) groups excluding carboxylic acids is 2. The van der Waals surface area contributed by atoms with Gasteiger partial charge in [-0.25, -0.2) is 4.39 Å². The van der Waals surface area contributed by atoms with Crippen LogP contribution >= 0.6 is 0 Å². The fraction of sp³-hybridized carbons (Fsp3) is 0.389. The maximum absolute atomic E-state index is 13.1. The Hall–Kier alpha value is -2.70. The minimum Gasteiger partial charge on any atom is -0.469 e. The number of aromatic nitrogens is 1. The predicted molar refractivity (Wildman–Crippen MR) is 88.2 cm³/mol. The molecule has 134 valence electrons. The van der Waals surface area contributed by atoms with Gasteiger partial charge in [-0.15, -0.1) is 0 Å². The Morgan fingerprint density at radius 2 is 1.96 bits per heavy atom. The molecule has 2 rings (SSSR count). The van der Waals surface area contributed by atoms with Crippen molar-refractivity contribution in [1.29, 1.82) is 0 Å². The van der Waals surface area contributed by atoms with Crippen LogP contribution in [-0.4, -0.2) is 24.1 Å². The van der Waals surface area contributed by atoms with Gasteiger partial charge < -0.3 is 14.6 Å². The molecule has 0 fully saturated rings. The number of nitrogens with one attached hydrogen (secondary N) is 1. The van der Waals surface area contributed by atoms with Crippen LogP contribution in [0.2, 0.25) is 0 Å². The van der Waals surface area contributed by atoms with E-state index in [4.69, 9.17) is 4.52 Å². The van der Waals surface area contributed by atoms with Crippen LogP contribution in [0.15, 0.2) is 28.8 Å². The molecule has 25 heavy (non-hydrogen) atoms. The van der Waals surface area contributed by atoms with Gasteiger partial charge in [-0.1, -0.05) is 17.3 Å². The van der Waals surface area contributed by atoms with Gasteiger partial charge in [0.25, 0.3) is 0 Å². The van der Waals surface area contributed by atoms with Crippen molar-refractivity contribution in [2.24, 2.45) is 0 Å². The molecule has 0 saturated carbocycles. The quantitative estimate of drug-likeness (QED) is 0.778. The number of benzene rings is 1. The topological polar surface area (TPSA) is 81.4 Å². The number of ether oxygens (including phenoxy) is 1. The minimum absolute atomic E-state index is 0.0286. The lowest BCUT2D eigenvalue weighted by Crippen LogP contribution is -2.30. The number of methoxy groups -OCH3 is 1. The first-order valence-electron chi connectivity index (χ1n) is 7.94.